The maximum atomic E-state index is 10.8. The molecule has 0 aliphatic heterocycles. The first-order valence-electron chi connectivity index (χ1n) is 4.47. The van der Waals surface area contributed by atoms with Gasteiger partial charge in [0, 0.05) is 5.56 Å². The summed E-state index contributed by atoms with van der Waals surface area (Å²) in [6.07, 6.45) is 4.40. The molecule has 0 fully saturated rings. The van der Waals surface area contributed by atoms with Crippen LogP contribution < -0.4 is 0 Å². The number of carboxylic acids is 1. The molecule has 3 heteroatoms. The molecule has 0 spiro atoms. The summed E-state index contributed by atoms with van der Waals surface area (Å²) in [5, 5.41) is 8.87. The van der Waals surface area contributed by atoms with Crippen molar-refractivity contribution < 1.29 is 14.3 Å². The van der Waals surface area contributed by atoms with Crippen LogP contribution in [0, 0.1) is 6.92 Å². The molecule has 0 aliphatic rings. The summed E-state index contributed by atoms with van der Waals surface area (Å²) in [4.78, 5) is 10.8. The lowest BCUT2D eigenvalue weighted by molar-refractivity contribution is 0.0694. The van der Waals surface area contributed by atoms with E-state index in [1.807, 2.05) is 0 Å². The fraction of sp³-hybridized carbons (Fsp3) is 0.500. The number of rotatable bonds is 4. The van der Waals surface area contributed by atoms with Gasteiger partial charge in [-0.2, -0.15) is 0 Å². The summed E-state index contributed by atoms with van der Waals surface area (Å²) in [5.41, 5.74) is 1.15. The van der Waals surface area contributed by atoms with Gasteiger partial charge in [0.05, 0.1) is 6.26 Å². The Balaban J connectivity index is 2.87. The normalized spacial score (nSPS) is 10.3. The van der Waals surface area contributed by atoms with Crippen molar-refractivity contribution in [1.29, 1.82) is 0 Å². The Morgan fingerprint density at radius 3 is 2.85 bits per heavy atom. The monoisotopic (exact) mass is 182 g/mol. The van der Waals surface area contributed by atoms with E-state index in [0.717, 1.165) is 24.8 Å². The van der Waals surface area contributed by atoms with E-state index < -0.39 is 5.97 Å². The summed E-state index contributed by atoms with van der Waals surface area (Å²) in [6, 6.07) is 0. The van der Waals surface area contributed by atoms with E-state index in [0.29, 0.717) is 11.3 Å². The van der Waals surface area contributed by atoms with Crippen molar-refractivity contribution in [2.75, 3.05) is 0 Å². The predicted molar refractivity (Wildman–Crippen MR) is 49.0 cm³/mol. The number of aromatic carboxylic acids is 1. The Bertz CT molecular complexity index is 299. The Morgan fingerprint density at radius 2 is 2.31 bits per heavy atom. The highest BCUT2D eigenvalue weighted by Crippen LogP contribution is 2.18. The SMILES string of the molecule is CCCCc1coc(C)c1C(=O)O. The zero-order chi connectivity index (χ0) is 9.84. The van der Waals surface area contributed by atoms with E-state index in [-0.39, 0.29) is 0 Å². The van der Waals surface area contributed by atoms with Crippen molar-refractivity contribution in [3.8, 4) is 0 Å². The topological polar surface area (TPSA) is 50.4 Å². The number of carboxylic acid groups (broad SMARTS) is 1. The van der Waals surface area contributed by atoms with E-state index in [4.69, 9.17) is 9.52 Å². The maximum absolute atomic E-state index is 10.8. The average Bonchev–Trinajstić information content (AvgIpc) is 2.43. The van der Waals surface area contributed by atoms with Gasteiger partial charge in [-0.05, 0) is 19.8 Å². The lowest BCUT2D eigenvalue weighted by Gasteiger charge is -1.97. The Labute approximate surface area is 77.4 Å². The fourth-order valence-corrected chi connectivity index (χ4v) is 1.34. The number of aryl methyl sites for hydroxylation is 2. The molecule has 0 amide bonds. The molecule has 0 bridgehead atoms. The van der Waals surface area contributed by atoms with Crippen LogP contribution >= 0.6 is 0 Å². The molecule has 1 aromatic heterocycles. The predicted octanol–water partition coefficient (Wildman–Crippen LogP) is 2.63. The molecule has 1 aromatic rings. The van der Waals surface area contributed by atoms with Crippen molar-refractivity contribution in [3.63, 3.8) is 0 Å². The lowest BCUT2D eigenvalue weighted by Crippen LogP contribution is -2.00. The summed E-state index contributed by atoms with van der Waals surface area (Å²) >= 11 is 0. The first-order valence-corrected chi connectivity index (χ1v) is 4.47. The molecule has 1 heterocycles. The molecule has 1 rings (SSSR count). The van der Waals surface area contributed by atoms with Crippen molar-refractivity contribution in [2.24, 2.45) is 0 Å². The van der Waals surface area contributed by atoms with Crippen LogP contribution in [0.15, 0.2) is 10.7 Å². The standard InChI is InChI=1S/C10H14O3/c1-3-4-5-8-6-13-7(2)9(8)10(11)12/h6H,3-5H2,1-2H3,(H,11,12). The highest BCUT2D eigenvalue weighted by atomic mass is 16.4. The molecular formula is C10H14O3. The van der Waals surface area contributed by atoms with Crippen molar-refractivity contribution in [2.45, 2.75) is 33.1 Å². The molecule has 3 nitrogen and oxygen atoms in total. The quantitative estimate of drug-likeness (QED) is 0.778. The van der Waals surface area contributed by atoms with Crippen LogP contribution in [0.1, 0.15) is 41.4 Å². The zero-order valence-corrected chi connectivity index (χ0v) is 7.96. The third-order valence-electron chi connectivity index (χ3n) is 2.06. The van der Waals surface area contributed by atoms with Crippen LogP contribution in [-0.4, -0.2) is 11.1 Å². The lowest BCUT2D eigenvalue weighted by atomic mass is 10.1. The number of furan rings is 1. The van der Waals surface area contributed by atoms with E-state index in [1.165, 1.54) is 0 Å². The van der Waals surface area contributed by atoms with E-state index in [1.54, 1.807) is 13.2 Å². The average molecular weight is 182 g/mol. The number of unbranched alkanes of at least 4 members (excludes halogenated alkanes) is 1. The highest BCUT2D eigenvalue weighted by Gasteiger charge is 2.16. The van der Waals surface area contributed by atoms with Gasteiger partial charge in [-0.3, -0.25) is 0 Å². The van der Waals surface area contributed by atoms with Crippen LogP contribution in [-0.2, 0) is 6.42 Å². The Morgan fingerprint density at radius 1 is 1.62 bits per heavy atom. The van der Waals surface area contributed by atoms with Crippen LogP contribution in [0.3, 0.4) is 0 Å². The second-order valence-electron chi connectivity index (χ2n) is 3.10. The third-order valence-corrected chi connectivity index (χ3v) is 2.06. The van der Waals surface area contributed by atoms with Crippen LogP contribution in [0.25, 0.3) is 0 Å². The smallest absolute Gasteiger partial charge is 0.339 e. The summed E-state index contributed by atoms with van der Waals surface area (Å²) in [5.74, 6) is -0.393. The minimum atomic E-state index is -0.891. The van der Waals surface area contributed by atoms with Gasteiger partial charge in [-0.1, -0.05) is 13.3 Å². The molecule has 0 aromatic carbocycles. The van der Waals surface area contributed by atoms with Gasteiger partial charge < -0.3 is 9.52 Å². The van der Waals surface area contributed by atoms with Crippen LogP contribution in [0.5, 0.6) is 0 Å². The van der Waals surface area contributed by atoms with E-state index in [9.17, 15) is 4.79 Å². The van der Waals surface area contributed by atoms with Gasteiger partial charge in [-0.25, -0.2) is 4.79 Å². The first-order chi connectivity index (χ1) is 6.16. The molecule has 0 saturated carbocycles. The van der Waals surface area contributed by atoms with Crippen molar-refractivity contribution >= 4 is 5.97 Å². The van der Waals surface area contributed by atoms with E-state index in [2.05, 4.69) is 6.92 Å². The molecule has 1 N–H and O–H groups in total. The number of carbonyl (C=O) groups is 1. The molecule has 0 unspecified atom stereocenters. The van der Waals surface area contributed by atoms with Gasteiger partial charge in [0.2, 0.25) is 0 Å². The summed E-state index contributed by atoms with van der Waals surface area (Å²) in [6.45, 7) is 3.76. The van der Waals surface area contributed by atoms with Crippen LogP contribution in [0.2, 0.25) is 0 Å². The maximum Gasteiger partial charge on any atom is 0.339 e. The number of hydrogen-bond donors (Lipinski definition) is 1. The fourth-order valence-electron chi connectivity index (χ4n) is 1.34. The largest absolute Gasteiger partial charge is 0.478 e. The molecular weight excluding hydrogens is 168 g/mol. The molecule has 0 radical (unpaired) electrons. The second kappa shape index (κ2) is 4.12. The van der Waals surface area contributed by atoms with Gasteiger partial charge in [-0.15, -0.1) is 0 Å². The van der Waals surface area contributed by atoms with Gasteiger partial charge in [0.15, 0.2) is 0 Å². The molecule has 0 aliphatic carbocycles. The van der Waals surface area contributed by atoms with Gasteiger partial charge in [0.25, 0.3) is 0 Å². The zero-order valence-electron chi connectivity index (χ0n) is 7.96. The summed E-state index contributed by atoms with van der Waals surface area (Å²) < 4.78 is 5.07. The van der Waals surface area contributed by atoms with E-state index >= 15 is 0 Å². The molecule has 0 atom stereocenters. The first kappa shape index (κ1) is 9.84. The van der Waals surface area contributed by atoms with Gasteiger partial charge in [0.1, 0.15) is 11.3 Å². The molecule has 0 saturated heterocycles. The van der Waals surface area contributed by atoms with Crippen molar-refractivity contribution in [1.82, 2.24) is 0 Å². The van der Waals surface area contributed by atoms with Crippen LogP contribution in [0.4, 0.5) is 0 Å². The van der Waals surface area contributed by atoms with Gasteiger partial charge >= 0.3 is 5.97 Å². The summed E-state index contributed by atoms with van der Waals surface area (Å²) in [7, 11) is 0. The minimum absolute atomic E-state index is 0.341. The Hall–Kier alpha value is -1.25. The van der Waals surface area contributed by atoms with Crippen molar-refractivity contribution in [3.05, 3.63) is 23.2 Å². The third kappa shape index (κ3) is 2.11. The number of hydrogen-bond acceptors (Lipinski definition) is 2. The molecule has 72 valence electrons. The highest BCUT2D eigenvalue weighted by molar-refractivity contribution is 5.90. The minimum Gasteiger partial charge on any atom is -0.478 e. The Kier molecular flexibility index (Phi) is 3.12. The second-order valence-corrected chi connectivity index (χ2v) is 3.10. The molecule has 13 heavy (non-hydrogen) atoms.